The van der Waals surface area contributed by atoms with Crippen molar-refractivity contribution in [3.63, 3.8) is 0 Å². The van der Waals surface area contributed by atoms with Gasteiger partial charge in [-0.3, -0.25) is 24.0 Å². The minimum atomic E-state index is -1.30. The van der Waals surface area contributed by atoms with Crippen molar-refractivity contribution in [3.8, 4) is 0 Å². The molecule has 12 heteroatoms. The highest BCUT2D eigenvalue weighted by molar-refractivity contribution is 5.69. The SMILES string of the molecule is C=C1CC[C@H](C/C=C(\C)COC(C)=O)C(C)(C)[C@@H]1/C=C/C(C)=C/C=C/C(C)=C/C=C\C=C(C)\C=C\C=C(C)\C=C\[C@@H]1C(=C)CC[C@H](C/C=C(\C)CO[C@@H]2O[C@H](COC(C)=O)[C@@H](OC(C)=O)[C@H](OC(C)=O)[C@H]2OC(C)=O)C1(C)C. The maximum Gasteiger partial charge on any atom is 0.303 e. The predicted molar refractivity (Wildman–Crippen MR) is 310 cm³/mol. The molecule has 78 heavy (non-hydrogen) atoms. The van der Waals surface area contributed by atoms with Crippen LogP contribution >= 0.6 is 0 Å². The first-order chi connectivity index (χ1) is 36.6. The lowest BCUT2D eigenvalue weighted by Gasteiger charge is -2.45. The van der Waals surface area contributed by atoms with E-state index in [2.05, 4.69) is 166 Å². The number of carbonyl (C=O) groups excluding carboxylic acids is 5. The number of esters is 5. The van der Waals surface area contributed by atoms with Gasteiger partial charge >= 0.3 is 29.8 Å². The van der Waals surface area contributed by atoms with E-state index in [0.717, 1.165) is 66.4 Å². The fourth-order valence-electron chi connectivity index (χ4n) is 10.3. The van der Waals surface area contributed by atoms with Gasteiger partial charge in [-0.1, -0.05) is 177 Å². The van der Waals surface area contributed by atoms with Gasteiger partial charge in [0, 0.05) is 46.5 Å². The molecule has 3 rings (SSSR count). The summed E-state index contributed by atoms with van der Waals surface area (Å²) in [6, 6.07) is 0. The van der Waals surface area contributed by atoms with E-state index >= 15 is 0 Å². The number of allylic oxidation sites excluding steroid dienone is 22. The van der Waals surface area contributed by atoms with Gasteiger partial charge in [-0.15, -0.1) is 0 Å². The Kier molecular flexibility index (Phi) is 27.2. The van der Waals surface area contributed by atoms with E-state index in [0.29, 0.717) is 18.4 Å². The molecule has 0 bridgehead atoms. The highest BCUT2D eigenvalue weighted by atomic mass is 16.7. The van der Waals surface area contributed by atoms with E-state index < -0.39 is 54.6 Å². The second kappa shape index (κ2) is 32.1. The topological polar surface area (TPSA) is 150 Å². The largest absolute Gasteiger partial charge is 0.463 e. The molecule has 0 radical (unpaired) electrons. The second-order valence-corrected chi connectivity index (χ2v) is 22.6. The summed E-state index contributed by atoms with van der Waals surface area (Å²) in [5, 5.41) is 0. The van der Waals surface area contributed by atoms with Crippen LogP contribution in [0.3, 0.4) is 0 Å². The van der Waals surface area contributed by atoms with E-state index in [1.165, 1.54) is 51.3 Å². The Morgan fingerprint density at radius 2 is 0.910 bits per heavy atom. The number of hydrogen-bond donors (Lipinski definition) is 0. The standard InChI is InChI=1S/C66H92O12/c1-43(24-20-26-45(3)30-38-58-49(7)32-36-56(65(58,14)15)34-28-47(5)40-72-51(9)67)22-18-19-23-44(2)25-21-27-46(4)31-39-59-50(8)33-37-57(66(59,16)17)35-29-48(6)41-74-64-63(77-55(13)71)62(76-54(12)70)61(75-53(11)69)60(78-64)42-73-52(10)68/h18-31,38-39,56-64H,7-8,32-37,40-42H2,1-6,9-17H3/b19-18-,24-20+,25-21+,38-30+,39-31+,43-22+,44-23+,45-26+,46-27+,47-28+,48-29+/t56-,57-,58+,59+,60+,61+,62-,63+,64+/m0/s1. The Bertz CT molecular complexity index is 2480. The van der Waals surface area contributed by atoms with Gasteiger partial charge in [0.05, 0.1) is 6.61 Å². The van der Waals surface area contributed by atoms with Crippen LogP contribution in [-0.4, -0.2) is 80.4 Å². The lowest BCUT2D eigenvalue weighted by molar-refractivity contribution is -0.306. The lowest BCUT2D eigenvalue weighted by atomic mass is 9.59. The molecule has 0 spiro atoms. The van der Waals surface area contributed by atoms with E-state index in [-0.39, 0.29) is 41.8 Å². The first-order valence-electron chi connectivity index (χ1n) is 27.4. The van der Waals surface area contributed by atoms with Gasteiger partial charge in [0.25, 0.3) is 0 Å². The van der Waals surface area contributed by atoms with Crippen LogP contribution in [0, 0.1) is 34.5 Å². The van der Waals surface area contributed by atoms with Crippen LogP contribution in [0.15, 0.2) is 155 Å². The molecule has 1 saturated heterocycles. The van der Waals surface area contributed by atoms with E-state index in [9.17, 15) is 24.0 Å². The molecule has 0 aromatic rings. The van der Waals surface area contributed by atoms with Gasteiger partial charge in [0.1, 0.15) is 19.3 Å². The molecule has 0 amide bonds. The van der Waals surface area contributed by atoms with Crippen molar-refractivity contribution < 1.29 is 57.1 Å². The second-order valence-electron chi connectivity index (χ2n) is 22.6. The van der Waals surface area contributed by atoms with Crippen molar-refractivity contribution in [3.05, 3.63) is 155 Å². The predicted octanol–water partition coefficient (Wildman–Crippen LogP) is 14.1. The van der Waals surface area contributed by atoms with Crippen LogP contribution in [0.25, 0.3) is 0 Å². The lowest BCUT2D eigenvalue weighted by Crippen LogP contribution is -2.63. The molecule has 2 aliphatic carbocycles. The molecule has 0 aromatic carbocycles. The van der Waals surface area contributed by atoms with Crippen molar-refractivity contribution in [2.45, 2.75) is 173 Å². The molecule has 2 saturated carbocycles. The summed E-state index contributed by atoms with van der Waals surface area (Å²) in [6.07, 6.45) is 34.0. The molecule has 428 valence electrons. The maximum absolute atomic E-state index is 12.3. The summed E-state index contributed by atoms with van der Waals surface area (Å²) in [5.74, 6) is -1.63. The van der Waals surface area contributed by atoms with Crippen molar-refractivity contribution >= 4 is 29.8 Å². The van der Waals surface area contributed by atoms with Gasteiger partial charge < -0.3 is 33.2 Å². The van der Waals surface area contributed by atoms with Crippen molar-refractivity contribution in [1.29, 1.82) is 0 Å². The van der Waals surface area contributed by atoms with Gasteiger partial charge in [-0.05, 0) is 108 Å². The maximum atomic E-state index is 12.3. The third-order valence-electron chi connectivity index (χ3n) is 15.0. The number of carbonyl (C=O) groups is 5. The minimum absolute atomic E-state index is 0.0590. The van der Waals surface area contributed by atoms with E-state index in [1.807, 2.05) is 13.8 Å². The third-order valence-corrected chi connectivity index (χ3v) is 15.0. The first-order valence-corrected chi connectivity index (χ1v) is 27.4. The molecule has 12 nitrogen and oxygen atoms in total. The highest BCUT2D eigenvalue weighted by Gasteiger charge is 2.53. The third kappa shape index (κ3) is 22.3. The summed E-state index contributed by atoms with van der Waals surface area (Å²) in [5.41, 5.74) is 9.04. The molecule has 3 fully saturated rings. The van der Waals surface area contributed by atoms with Gasteiger partial charge in [-0.2, -0.15) is 0 Å². The summed E-state index contributed by atoms with van der Waals surface area (Å²) < 4.78 is 39.3. The van der Waals surface area contributed by atoms with Crippen molar-refractivity contribution in [1.82, 2.24) is 0 Å². The molecule has 1 aliphatic heterocycles. The normalized spacial score (nSPS) is 26.8. The Morgan fingerprint density at radius 3 is 1.35 bits per heavy atom. The Hall–Kier alpha value is -6.11. The zero-order valence-corrected chi connectivity index (χ0v) is 49.6. The zero-order chi connectivity index (χ0) is 58.3. The van der Waals surface area contributed by atoms with Crippen molar-refractivity contribution in [2.24, 2.45) is 34.5 Å². The van der Waals surface area contributed by atoms with Gasteiger partial charge in [0.2, 0.25) is 0 Å². The molecule has 0 N–H and O–H groups in total. The van der Waals surface area contributed by atoms with E-state index in [1.54, 1.807) is 0 Å². The van der Waals surface area contributed by atoms with Crippen LogP contribution in [0.5, 0.6) is 0 Å². The van der Waals surface area contributed by atoms with Crippen LogP contribution in [0.4, 0.5) is 0 Å². The van der Waals surface area contributed by atoms with Gasteiger partial charge in [0.15, 0.2) is 24.6 Å². The molecule has 0 aromatic heterocycles. The van der Waals surface area contributed by atoms with Gasteiger partial charge in [-0.25, -0.2) is 0 Å². The molecule has 3 aliphatic rings. The summed E-state index contributed by atoms with van der Waals surface area (Å²) in [7, 11) is 0. The summed E-state index contributed by atoms with van der Waals surface area (Å²) >= 11 is 0. The number of ether oxygens (including phenoxy) is 7. The van der Waals surface area contributed by atoms with Crippen molar-refractivity contribution in [2.75, 3.05) is 19.8 Å². The number of rotatable bonds is 24. The molecule has 9 atom stereocenters. The fraction of sp³-hybridized carbons (Fsp3) is 0.530. The van der Waals surface area contributed by atoms with Crippen LogP contribution < -0.4 is 0 Å². The quantitative estimate of drug-likeness (QED) is 0.0392. The van der Waals surface area contributed by atoms with Crippen LogP contribution in [0.1, 0.15) is 142 Å². The highest BCUT2D eigenvalue weighted by Crippen LogP contribution is 2.51. The average molecular weight is 1080 g/mol. The summed E-state index contributed by atoms with van der Waals surface area (Å²) in [6.45, 7) is 36.9. The fourth-order valence-corrected chi connectivity index (χ4v) is 10.3. The smallest absolute Gasteiger partial charge is 0.303 e. The average Bonchev–Trinajstić information content (AvgIpc) is 3.33. The van der Waals surface area contributed by atoms with Crippen LogP contribution in [-0.2, 0) is 57.1 Å². The van der Waals surface area contributed by atoms with Crippen LogP contribution in [0.2, 0.25) is 0 Å². The monoisotopic (exact) mass is 1080 g/mol. The molecule has 1 heterocycles. The zero-order valence-electron chi connectivity index (χ0n) is 49.6. The molecular weight excluding hydrogens is 985 g/mol. The Morgan fingerprint density at radius 1 is 0.513 bits per heavy atom. The first kappa shape index (κ1) is 66.2. The van der Waals surface area contributed by atoms with E-state index in [4.69, 9.17) is 33.2 Å². The molecule has 0 unspecified atom stereocenters. The minimum Gasteiger partial charge on any atom is -0.463 e. The molecular formula is C66H92O12. The summed E-state index contributed by atoms with van der Waals surface area (Å²) in [4.78, 5) is 59.6. The Balaban J connectivity index is 1.59. The Labute approximate surface area is 467 Å². The number of hydrogen-bond acceptors (Lipinski definition) is 12.